The van der Waals surface area contributed by atoms with Crippen LogP contribution in [0.3, 0.4) is 0 Å². The highest BCUT2D eigenvalue weighted by Crippen LogP contribution is 2.32. The largest absolute Gasteiger partial charge is 0.488 e. The molecule has 4 aromatic rings. The Balaban J connectivity index is 1.66. The van der Waals surface area contributed by atoms with Crippen molar-refractivity contribution in [3.8, 4) is 16.9 Å². The Morgan fingerprint density at radius 2 is 1.94 bits per heavy atom. The summed E-state index contributed by atoms with van der Waals surface area (Å²) in [6.07, 6.45) is -0.0352. The molecule has 5 nitrogen and oxygen atoms in total. The summed E-state index contributed by atoms with van der Waals surface area (Å²) in [5.41, 5.74) is 9.53. The molecule has 0 aliphatic heterocycles. The fourth-order valence-corrected chi connectivity index (χ4v) is 3.67. The minimum atomic E-state index is -1.44. The topological polar surface area (TPSA) is 85.7 Å². The summed E-state index contributed by atoms with van der Waals surface area (Å²) in [4.78, 5) is 11.1. The van der Waals surface area contributed by atoms with Crippen LogP contribution in [0.1, 0.15) is 16.7 Å². The van der Waals surface area contributed by atoms with Crippen LogP contribution in [0.2, 0.25) is 0 Å². The van der Waals surface area contributed by atoms with E-state index in [9.17, 15) is 13.6 Å². The Bertz CT molecular complexity index is 1270. The third-order valence-corrected chi connectivity index (χ3v) is 5.04. The number of furan rings is 1. The van der Waals surface area contributed by atoms with Gasteiger partial charge in [0.2, 0.25) is 0 Å². The molecule has 0 unspecified atom stereocenters. The average Bonchev–Trinajstić information content (AvgIpc) is 3.21. The second-order valence-corrected chi connectivity index (χ2v) is 7.51. The van der Waals surface area contributed by atoms with Crippen LogP contribution in [-0.4, -0.2) is 17.4 Å². The van der Waals surface area contributed by atoms with E-state index in [0.717, 1.165) is 27.6 Å². The van der Waals surface area contributed by atoms with Crippen molar-refractivity contribution >= 4 is 16.9 Å². The van der Waals surface area contributed by atoms with Gasteiger partial charge in [0.25, 0.3) is 0 Å². The summed E-state index contributed by atoms with van der Waals surface area (Å²) in [6.45, 7) is 0.0965. The second-order valence-electron chi connectivity index (χ2n) is 7.51. The molecule has 164 valence electrons. The van der Waals surface area contributed by atoms with Gasteiger partial charge in [-0.15, -0.1) is 0 Å². The quantitative estimate of drug-likeness (QED) is 0.368. The van der Waals surface area contributed by atoms with Gasteiger partial charge in [-0.25, -0.2) is 8.78 Å². The molecule has 1 heterocycles. The van der Waals surface area contributed by atoms with Crippen molar-refractivity contribution in [2.24, 2.45) is 5.73 Å². The van der Waals surface area contributed by atoms with Gasteiger partial charge in [-0.05, 0) is 41.0 Å². The molecular formula is C25H21F2NO4. The molecule has 32 heavy (non-hydrogen) atoms. The standard InChI is InChI=1S/C25H21F2NO4/c26-20-5-4-18(12-24(29)30)22(13-20)32-14-16-9-19-6-7-31-25(19)21(10-16)17-3-1-2-15(8-17)11-23(27)28/h1-10,13,23H,11-12,14,28H2,(H,29,30)/t23-/m1/s1. The van der Waals surface area contributed by atoms with E-state index in [0.29, 0.717) is 11.1 Å². The van der Waals surface area contributed by atoms with Crippen LogP contribution in [-0.2, 0) is 24.2 Å². The molecule has 1 aromatic heterocycles. The Morgan fingerprint density at radius 1 is 1.09 bits per heavy atom. The fraction of sp³-hybridized carbons (Fsp3) is 0.160. The monoisotopic (exact) mass is 437 g/mol. The van der Waals surface area contributed by atoms with Crippen molar-refractivity contribution in [1.82, 2.24) is 0 Å². The van der Waals surface area contributed by atoms with Gasteiger partial charge in [0.05, 0.1) is 12.7 Å². The van der Waals surface area contributed by atoms with Crippen LogP contribution in [0.5, 0.6) is 5.75 Å². The number of hydrogen-bond acceptors (Lipinski definition) is 4. The molecule has 0 amide bonds. The first-order chi connectivity index (χ1) is 15.4. The van der Waals surface area contributed by atoms with E-state index in [2.05, 4.69) is 0 Å². The molecular weight excluding hydrogens is 416 g/mol. The smallest absolute Gasteiger partial charge is 0.307 e. The van der Waals surface area contributed by atoms with Gasteiger partial charge >= 0.3 is 5.97 Å². The van der Waals surface area contributed by atoms with Crippen molar-refractivity contribution in [1.29, 1.82) is 0 Å². The van der Waals surface area contributed by atoms with Crippen LogP contribution < -0.4 is 10.5 Å². The second kappa shape index (κ2) is 9.20. The third-order valence-electron chi connectivity index (χ3n) is 5.04. The van der Waals surface area contributed by atoms with E-state index >= 15 is 0 Å². The van der Waals surface area contributed by atoms with E-state index in [1.807, 2.05) is 42.5 Å². The molecule has 0 saturated heterocycles. The summed E-state index contributed by atoms with van der Waals surface area (Å²) in [5, 5.41) is 9.94. The zero-order valence-electron chi connectivity index (χ0n) is 17.1. The van der Waals surface area contributed by atoms with Crippen molar-refractivity contribution in [3.05, 3.63) is 89.4 Å². The first kappa shape index (κ1) is 21.5. The molecule has 1 atom stereocenters. The van der Waals surface area contributed by atoms with Gasteiger partial charge < -0.3 is 20.0 Å². The minimum Gasteiger partial charge on any atom is -0.488 e. The first-order valence-electron chi connectivity index (χ1n) is 10.0. The lowest BCUT2D eigenvalue weighted by Gasteiger charge is -2.13. The normalized spacial score (nSPS) is 12.1. The predicted octanol–water partition coefficient (Wildman–Crippen LogP) is 5.24. The lowest BCUT2D eigenvalue weighted by atomic mass is 9.98. The van der Waals surface area contributed by atoms with Gasteiger partial charge in [-0.1, -0.05) is 30.3 Å². The van der Waals surface area contributed by atoms with Crippen LogP contribution in [0.4, 0.5) is 8.78 Å². The number of carboxylic acid groups (broad SMARTS) is 1. The maximum atomic E-state index is 13.7. The van der Waals surface area contributed by atoms with Crippen molar-refractivity contribution in [2.45, 2.75) is 25.7 Å². The number of rotatable bonds is 8. The van der Waals surface area contributed by atoms with Gasteiger partial charge in [0.15, 0.2) is 6.30 Å². The fourth-order valence-electron chi connectivity index (χ4n) is 3.67. The highest BCUT2D eigenvalue weighted by molar-refractivity contribution is 5.93. The number of nitrogens with two attached hydrogens (primary N) is 1. The van der Waals surface area contributed by atoms with E-state index in [1.165, 1.54) is 18.2 Å². The number of fused-ring (bicyclic) bond motifs is 1. The number of benzene rings is 3. The van der Waals surface area contributed by atoms with Crippen LogP contribution in [0.25, 0.3) is 22.1 Å². The molecule has 4 rings (SSSR count). The van der Waals surface area contributed by atoms with E-state index < -0.39 is 18.1 Å². The summed E-state index contributed by atoms with van der Waals surface area (Å²) >= 11 is 0. The number of hydrogen-bond donors (Lipinski definition) is 2. The van der Waals surface area contributed by atoms with Gasteiger partial charge in [0.1, 0.15) is 23.8 Å². The number of aliphatic carboxylic acids is 1. The maximum absolute atomic E-state index is 13.7. The van der Waals surface area contributed by atoms with Crippen molar-refractivity contribution in [2.75, 3.05) is 0 Å². The molecule has 3 aromatic carbocycles. The highest BCUT2D eigenvalue weighted by atomic mass is 19.1. The van der Waals surface area contributed by atoms with E-state index in [4.69, 9.17) is 20.0 Å². The van der Waals surface area contributed by atoms with Crippen LogP contribution in [0.15, 0.2) is 71.3 Å². The van der Waals surface area contributed by atoms with E-state index in [1.54, 1.807) is 6.26 Å². The molecule has 0 spiro atoms. The number of carbonyl (C=O) groups is 1. The SMILES string of the molecule is N[C@@H](F)Cc1cccc(-c2cc(COc3cc(F)ccc3CC(=O)O)cc3ccoc23)c1. The molecule has 0 saturated carbocycles. The zero-order valence-corrected chi connectivity index (χ0v) is 17.1. The Hall–Kier alpha value is -3.71. The molecule has 0 aliphatic carbocycles. The molecule has 3 N–H and O–H groups in total. The number of carboxylic acids is 1. The molecule has 0 radical (unpaired) electrons. The van der Waals surface area contributed by atoms with Gasteiger partial charge in [-0.2, -0.15) is 0 Å². The van der Waals surface area contributed by atoms with Crippen molar-refractivity contribution in [3.63, 3.8) is 0 Å². The van der Waals surface area contributed by atoms with Crippen LogP contribution >= 0.6 is 0 Å². The summed E-state index contributed by atoms with van der Waals surface area (Å²) < 4.78 is 38.4. The summed E-state index contributed by atoms with van der Waals surface area (Å²) in [5.74, 6) is -1.36. The zero-order chi connectivity index (χ0) is 22.7. The number of ether oxygens (including phenoxy) is 1. The lowest BCUT2D eigenvalue weighted by Crippen LogP contribution is -2.15. The Labute approximate surface area is 183 Å². The maximum Gasteiger partial charge on any atom is 0.307 e. The molecule has 0 fully saturated rings. The van der Waals surface area contributed by atoms with E-state index in [-0.39, 0.29) is 25.2 Å². The highest BCUT2D eigenvalue weighted by Gasteiger charge is 2.13. The number of halogens is 2. The van der Waals surface area contributed by atoms with Crippen LogP contribution in [0, 0.1) is 5.82 Å². The van der Waals surface area contributed by atoms with Gasteiger partial charge in [0, 0.05) is 29.0 Å². The minimum absolute atomic E-state index is 0.0965. The third kappa shape index (κ3) is 4.95. The lowest BCUT2D eigenvalue weighted by molar-refractivity contribution is -0.136. The predicted molar refractivity (Wildman–Crippen MR) is 117 cm³/mol. The average molecular weight is 437 g/mol. The first-order valence-corrected chi connectivity index (χ1v) is 10.0. The van der Waals surface area contributed by atoms with Crippen molar-refractivity contribution < 1.29 is 27.8 Å². The number of alkyl halides is 1. The van der Waals surface area contributed by atoms with Gasteiger partial charge in [-0.3, -0.25) is 4.79 Å². The molecule has 0 aliphatic rings. The molecule has 7 heteroatoms. The molecule has 0 bridgehead atoms. The summed E-state index contributed by atoms with van der Waals surface area (Å²) in [6, 6.07) is 16.8. The summed E-state index contributed by atoms with van der Waals surface area (Å²) in [7, 11) is 0. The Kier molecular flexibility index (Phi) is 6.18. The Morgan fingerprint density at radius 3 is 2.72 bits per heavy atom.